The van der Waals surface area contributed by atoms with Crippen molar-refractivity contribution in [2.45, 2.75) is 20.3 Å². The molecule has 0 amide bonds. The molecule has 0 aliphatic heterocycles. The lowest BCUT2D eigenvalue weighted by Crippen LogP contribution is -1.89. The molecule has 1 nitrogen and oxygen atoms in total. The van der Waals surface area contributed by atoms with E-state index in [1.54, 1.807) is 0 Å². The second-order valence-electron chi connectivity index (χ2n) is 3.71. The average Bonchev–Trinajstić information content (AvgIpc) is 2.44. The molecule has 2 heteroatoms. The Kier molecular flexibility index (Phi) is 2.32. The van der Waals surface area contributed by atoms with Crippen LogP contribution in [0.15, 0.2) is 24.4 Å². The number of nitrogens with zero attached hydrogens (tertiary/aromatic N) is 1. The summed E-state index contributed by atoms with van der Waals surface area (Å²) < 4.78 is 0. The molecule has 0 saturated heterocycles. The molecule has 0 N–H and O–H groups in total. The first-order valence-electron chi connectivity index (χ1n) is 4.59. The summed E-state index contributed by atoms with van der Waals surface area (Å²) in [7, 11) is 0. The van der Waals surface area contributed by atoms with Crippen molar-refractivity contribution < 1.29 is 0 Å². The summed E-state index contributed by atoms with van der Waals surface area (Å²) in [5.41, 5.74) is 0. The Morgan fingerprint density at radius 1 is 1.46 bits per heavy atom. The molecule has 0 fully saturated rings. The SMILES string of the molecule is CC(C)Cc1cc2cccnc2s1. The van der Waals surface area contributed by atoms with Crippen molar-refractivity contribution in [3.8, 4) is 0 Å². The number of pyridine rings is 1. The van der Waals surface area contributed by atoms with Crippen LogP contribution in [-0.2, 0) is 6.42 Å². The molecule has 2 aromatic heterocycles. The molecule has 2 heterocycles. The van der Waals surface area contributed by atoms with Crippen LogP contribution in [0.1, 0.15) is 18.7 Å². The molecular formula is C11H13NS. The highest BCUT2D eigenvalue weighted by Gasteiger charge is 2.03. The van der Waals surface area contributed by atoms with Gasteiger partial charge in [-0.25, -0.2) is 4.98 Å². The van der Waals surface area contributed by atoms with E-state index in [2.05, 4.69) is 31.0 Å². The maximum Gasteiger partial charge on any atom is 0.123 e. The van der Waals surface area contributed by atoms with Crippen molar-refractivity contribution in [3.63, 3.8) is 0 Å². The summed E-state index contributed by atoms with van der Waals surface area (Å²) in [4.78, 5) is 6.94. The van der Waals surface area contributed by atoms with Gasteiger partial charge in [-0.1, -0.05) is 19.9 Å². The molecule has 13 heavy (non-hydrogen) atoms. The first-order chi connectivity index (χ1) is 6.25. The normalized spacial score (nSPS) is 11.3. The summed E-state index contributed by atoms with van der Waals surface area (Å²) in [6, 6.07) is 6.38. The van der Waals surface area contributed by atoms with Crippen molar-refractivity contribution in [1.82, 2.24) is 4.98 Å². The predicted molar refractivity (Wildman–Crippen MR) is 58.2 cm³/mol. The Hall–Kier alpha value is -0.890. The minimum atomic E-state index is 0.730. The van der Waals surface area contributed by atoms with Crippen molar-refractivity contribution in [2.75, 3.05) is 0 Å². The molecule has 0 spiro atoms. The molecular weight excluding hydrogens is 178 g/mol. The Bertz CT molecular complexity index is 370. The first kappa shape index (κ1) is 8.70. The van der Waals surface area contributed by atoms with Gasteiger partial charge in [0.1, 0.15) is 4.83 Å². The molecule has 0 atom stereocenters. The molecule has 68 valence electrons. The average molecular weight is 191 g/mol. The standard InChI is InChI=1S/C11H13NS/c1-8(2)6-10-7-9-4-3-5-12-11(9)13-10/h3-5,7-8H,6H2,1-2H3. The van der Waals surface area contributed by atoms with Gasteiger partial charge in [0.05, 0.1) is 0 Å². The van der Waals surface area contributed by atoms with Gasteiger partial charge in [-0.15, -0.1) is 11.3 Å². The molecule has 2 aromatic rings. The van der Waals surface area contributed by atoms with E-state index in [0.717, 1.165) is 10.7 Å². The monoisotopic (exact) mass is 191 g/mol. The van der Waals surface area contributed by atoms with Crippen molar-refractivity contribution in [2.24, 2.45) is 5.92 Å². The van der Waals surface area contributed by atoms with Gasteiger partial charge in [0.2, 0.25) is 0 Å². The van der Waals surface area contributed by atoms with Gasteiger partial charge in [0.15, 0.2) is 0 Å². The van der Waals surface area contributed by atoms with Crippen molar-refractivity contribution in [3.05, 3.63) is 29.3 Å². The number of aromatic nitrogens is 1. The zero-order valence-corrected chi connectivity index (χ0v) is 8.77. The Morgan fingerprint density at radius 3 is 3.00 bits per heavy atom. The number of rotatable bonds is 2. The van der Waals surface area contributed by atoms with Crippen LogP contribution in [0.3, 0.4) is 0 Å². The van der Waals surface area contributed by atoms with Crippen molar-refractivity contribution >= 4 is 21.6 Å². The minimum absolute atomic E-state index is 0.730. The van der Waals surface area contributed by atoms with E-state index < -0.39 is 0 Å². The van der Waals surface area contributed by atoms with Gasteiger partial charge in [-0.3, -0.25) is 0 Å². The summed E-state index contributed by atoms with van der Waals surface area (Å²) in [6.07, 6.45) is 3.03. The quantitative estimate of drug-likeness (QED) is 0.708. The highest BCUT2D eigenvalue weighted by atomic mass is 32.1. The van der Waals surface area contributed by atoms with Gasteiger partial charge in [-0.05, 0) is 24.5 Å². The van der Waals surface area contributed by atoms with Gasteiger partial charge in [-0.2, -0.15) is 0 Å². The van der Waals surface area contributed by atoms with Crippen LogP contribution in [0.2, 0.25) is 0 Å². The second-order valence-corrected chi connectivity index (χ2v) is 4.82. The number of thiophene rings is 1. The van der Waals surface area contributed by atoms with Crippen LogP contribution in [0.4, 0.5) is 0 Å². The summed E-state index contributed by atoms with van der Waals surface area (Å²) in [6.45, 7) is 4.50. The van der Waals surface area contributed by atoms with E-state index in [1.807, 2.05) is 23.6 Å². The fourth-order valence-electron chi connectivity index (χ4n) is 1.43. The maximum absolute atomic E-state index is 4.33. The van der Waals surface area contributed by atoms with Gasteiger partial charge < -0.3 is 0 Å². The van der Waals surface area contributed by atoms with E-state index in [4.69, 9.17) is 0 Å². The van der Waals surface area contributed by atoms with E-state index >= 15 is 0 Å². The molecule has 0 saturated carbocycles. The van der Waals surface area contributed by atoms with Crippen LogP contribution in [-0.4, -0.2) is 4.98 Å². The Labute approximate surface area is 82.4 Å². The highest BCUT2D eigenvalue weighted by molar-refractivity contribution is 7.18. The third-order valence-corrected chi connectivity index (χ3v) is 3.04. The van der Waals surface area contributed by atoms with Crippen LogP contribution in [0, 0.1) is 5.92 Å². The lowest BCUT2D eigenvalue weighted by Gasteiger charge is -1.98. The van der Waals surface area contributed by atoms with Crippen LogP contribution in [0.25, 0.3) is 10.2 Å². The minimum Gasteiger partial charge on any atom is -0.245 e. The number of hydrogen-bond donors (Lipinski definition) is 0. The van der Waals surface area contributed by atoms with E-state index in [1.165, 1.54) is 16.7 Å². The zero-order valence-electron chi connectivity index (χ0n) is 7.95. The molecule has 0 radical (unpaired) electrons. The molecule has 0 unspecified atom stereocenters. The molecule has 0 aromatic carbocycles. The predicted octanol–water partition coefficient (Wildman–Crippen LogP) is 3.49. The summed E-state index contributed by atoms with van der Waals surface area (Å²) in [5, 5.41) is 1.28. The third-order valence-electron chi connectivity index (χ3n) is 1.95. The van der Waals surface area contributed by atoms with Gasteiger partial charge in [0, 0.05) is 16.5 Å². The first-order valence-corrected chi connectivity index (χ1v) is 5.41. The van der Waals surface area contributed by atoms with Crippen LogP contribution < -0.4 is 0 Å². The third kappa shape index (κ3) is 1.89. The van der Waals surface area contributed by atoms with Gasteiger partial charge in [0.25, 0.3) is 0 Å². The lowest BCUT2D eigenvalue weighted by molar-refractivity contribution is 0.654. The molecule has 2 rings (SSSR count). The molecule has 0 aliphatic carbocycles. The lowest BCUT2D eigenvalue weighted by atomic mass is 10.1. The Morgan fingerprint density at radius 2 is 2.31 bits per heavy atom. The number of fused-ring (bicyclic) bond motifs is 1. The van der Waals surface area contributed by atoms with Crippen LogP contribution in [0.5, 0.6) is 0 Å². The second kappa shape index (κ2) is 3.46. The zero-order chi connectivity index (χ0) is 9.26. The molecule has 0 aliphatic rings. The maximum atomic E-state index is 4.33. The summed E-state index contributed by atoms with van der Waals surface area (Å²) in [5.74, 6) is 0.730. The molecule has 0 bridgehead atoms. The smallest absolute Gasteiger partial charge is 0.123 e. The summed E-state index contributed by atoms with van der Waals surface area (Å²) >= 11 is 1.81. The van der Waals surface area contributed by atoms with E-state index in [0.29, 0.717) is 0 Å². The van der Waals surface area contributed by atoms with Crippen molar-refractivity contribution in [1.29, 1.82) is 0 Å². The van der Waals surface area contributed by atoms with Gasteiger partial charge >= 0.3 is 0 Å². The topological polar surface area (TPSA) is 12.9 Å². The number of hydrogen-bond acceptors (Lipinski definition) is 2. The van der Waals surface area contributed by atoms with Crippen LogP contribution >= 0.6 is 11.3 Å². The Balaban J connectivity index is 2.38. The fourth-order valence-corrected chi connectivity index (χ4v) is 2.64. The van der Waals surface area contributed by atoms with E-state index in [-0.39, 0.29) is 0 Å². The van der Waals surface area contributed by atoms with E-state index in [9.17, 15) is 0 Å². The fraction of sp³-hybridized carbons (Fsp3) is 0.364. The largest absolute Gasteiger partial charge is 0.245 e. The highest BCUT2D eigenvalue weighted by Crippen LogP contribution is 2.25.